The summed E-state index contributed by atoms with van der Waals surface area (Å²) in [6.45, 7) is 1.81. The first-order valence-electron chi connectivity index (χ1n) is 4.17. The summed E-state index contributed by atoms with van der Waals surface area (Å²) in [4.78, 5) is 8.18. The van der Waals surface area contributed by atoms with Gasteiger partial charge in [0.2, 0.25) is 9.05 Å². The Bertz CT molecular complexity index is 605. The Labute approximate surface area is 91.2 Å². The molecule has 2 rings (SSSR count). The molecular formula is C8H8ClN3O2S. The predicted octanol–water partition coefficient (Wildman–Crippen LogP) is 1.11. The van der Waals surface area contributed by atoms with Crippen LogP contribution < -0.4 is 0 Å². The predicted molar refractivity (Wildman–Crippen MR) is 56.2 cm³/mol. The lowest BCUT2D eigenvalue weighted by Crippen LogP contribution is -1.94. The molecule has 0 radical (unpaired) electrons. The van der Waals surface area contributed by atoms with Crippen LogP contribution in [0.4, 0.5) is 0 Å². The van der Waals surface area contributed by atoms with E-state index in [0.29, 0.717) is 11.3 Å². The molecule has 2 aromatic rings. The van der Waals surface area contributed by atoms with Crippen LogP contribution in [0.1, 0.15) is 11.5 Å². The molecule has 5 nitrogen and oxygen atoms in total. The van der Waals surface area contributed by atoms with E-state index in [1.54, 1.807) is 22.9 Å². The van der Waals surface area contributed by atoms with Crippen LogP contribution in [0.2, 0.25) is 0 Å². The van der Waals surface area contributed by atoms with Crippen LogP contribution >= 0.6 is 10.7 Å². The number of hydrogen-bond donors (Lipinski definition) is 0. The Kier molecular flexibility index (Phi) is 2.40. The monoisotopic (exact) mass is 245 g/mol. The number of hydrogen-bond acceptors (Lipinski definition) is 4. The normalized spacial score (nSPS) is 12.1. The van der Waals surface area contributed by atoms with Crippen molar-refractivity contribution in [3.63, 3.8) is 0 Å². The number of aryl methyl sites for hydroxylation is 1. The van der Waals surface area contributed by atoms with E-state index in [4.69, 9.17) is 10.7 Å². The molecule has 0 aromatic carbocycles. The van der Waals surface area contributed by atoms with E-state index in [2.05, 4.69) is 9.97 Å². The average Bonchev–Trinajstić information content (AvgIpc) is 2.45. The largest absolute Gasteiger partial charge is 0.288 e. The second-order valence-electron chi connectivity index (χ2n) is 3.14. The Morgan fingerprint density at radius 1 is 1.53 bits per heavy atom. The molecule has 0 aliphatic heterocycles. The van der Waals surface area contributed by atoms with Crippen molar-refractivity contribution in [2.24, 2.45) is 0 Å². The van der Waals surface area contributed by atoms with E-state index < -0.39 is 9.05 Å². The molecule has 0 N–H and O–H groups in total. The van der Waals surface area contributed by atoms with Crippen LogP contribution in [0.25, 0.3) is 5.65 Å². The van der Waals surface area contributed by atoms with Crippen molar-refractivity contribution in [2.75, 3.05) is 0 Å². The zero-order valence-electron chi connectivity index (χ0n) is 7.88. The van der Waals surface area contributed by atoms with Crippen molar-refractivity contribution in [3.05, 3.63) is 30.0 Å². The average molecular weight is 246 g/mol. The van der Waals surface area contributed by atoms with Gasteiger partial charge >= 0.3 is 0 Å². The van der Waals surface area contributed by atoms with Gasteiger partial charge in [-0.05, 0) is 13.0 Å². The highest BCUT2D eigenvalue weighted by molar-refractivity contribution is 8.13. The fourth-order valence-electron chi connectivity index (χ4n) is 1.34. The van der Waals surface area contributed by atoms with E-state index in [0.717, 1.165) is 5.82 Å². The Balaban J connectivity index is 2.53. The number of nitrogens with zero attached hydrogens (tertiary/aromatic N) is 3. The van der Waals surface area contributed by atoms with Crippen LogP contribution in [0.3, 0.4) is 0 Å². The highest BCUT2D eigenvalue weighted by Crippen LogP contribution is 2.11. The molecule has 0 amide bonds. The molecule has 0 saturated carbocycles. The minimum Gasteiger partial charge on any atom is -0.288 e. The van der Waals surface area contributed by atoms with Gasteiger partial charge in [0.25, 0.3) is 0 Å². The summed E-state index contributed by atoms with van der Waals surface area (Å²) < 4.78 is 23.4. The summed E-state index contributed by atoms with van der Waals surface area (Å²) in [6, 6.07) is 1.71. The molecular weight excluding hydrogens is 238 g/mol. The maximum Gasteiger partial charge on any atom is 0.238 e. The van der Waals surface area contributed by atoms with Gasteiger partial charge in [-0.3, -0.25) is 4.40 Å². The van der Waals surface area contributed by atoms with Crippen LogP contribution in [0.15, 0.2) is 18.5 Å². The van der Waals surface area contributed by atoms with Crippen molar-refractivity contribution < 1.29 is 8.42 Å². The van der Waals surface area contributed by atoms with E-state index in [1.807, 2.05) is 6.92 Å². The molecule has 7 heteroatoms. The van der Waals surface area contributed by atoms with Crippen molar-refractivity contribution in [2.45, 2.75) is 12.7 Å². The molecule has 0 atom stereocenters. The molecule has 2 heterocycles. The summed E-state index contributed by atoms with van der Waals surface area (Å²) in [5, 5.41) is 0. The van der Waals surface area contributed by atoms with Gasteiger partial charge in [0.05, 0.1) is 5.69 Å². The maximum atomic E-state index is 10.9. The maximum absolute atomic E-state index is 10.9. The summed E-state index contributed by atoms with van der Waals surface area (Å²) in [5.41, 5.74) is 1.08. The van der Waals surface area contributed by atoms with Crippen LogP contribution in [-0.2, 0) is 14.8 Å². The van der Waals surface area contributed by atoms with Gasteiger partial charge in [-0.1, -0.05) is 0 Å². The number of aromatic nitrogens is 3. The Hall–Kier alpha value is -1.14. The second-order valence-corrected chi connectivity index (χ2v) is 5.91. The smallest absolute Gasteiger partial charge is 0.238 e. The molecule has 0 unspecified atom stereocenters. The summed E-state index contributed by atoms with van der Waals surface area (Å²) in [5.74, 6) is 0.480. The molecule has 0 spiro atoms. The Morgan fingerprint density at radius 2 is 2.27 bits per heavy atom. The molecule has 80 valence electrons. The molecule has 0 fully saturated rings. The standard InChI is InChI=1S/C8H8ClN3O2S/c1-6-10-3-2-8-11-7(4-12(6)8)5-15(9,13)14/h2-4H,5H2,1H3. The van der Waals surface area contributed by atoms with Crippen LogP contribution in [-0.4, -0.2) is 22.8 Å². The zero-order chi connectivity index (χ0) is 11.1. The number of halogens is 1. The quantitative estimate of drug-likeness (QED) is 0.744. The topological polar surface area (TPSA) is 64.3 Å². The molecule has 2 aromatic heterocycles. The lowest BCUT2D eigenvalue weighted by Gasteiger charge is -1.94. The first-order valence-corrected chi connectivity index (χ1v) is 6.65. The number of imidazole rings is 1. The lowest BCUT2D eigenvalue weighted by molar-refractivity contribution is 0.608. The van der Waals surface area contributed by atoms with Gasteiger partial charge in [-0.15, -0.1) is 0 Å². The fraction of sp³-hybridized carbons (Fsp3) is 0.250. The van der Waals surface area contributed by atoms with Gasteiger partial charge in [-0.25, -0.2) is 18.4 Å². The first kappa shape index (κ1) is 10.4. The zero-order valence-corrected chi connectivity index (χ0v) is 9.46. The van der Waals surface area contributed by atoms with Gasteiger partial charge in [0, 0.05) is 23.1 Å². The Morgan fingerprint density at radius 3 is 2.87 bits per heavy atom. The highest BCUT2D eigenvalue weighted by Gasteiger charge is 2.11. The molecule has 15 heavy (non-hydrogen) atoms. The fourth-order valence-corrected chi connectivity index (χ4v) is 2.17. The number of fused-ring (bicyclic) bond motifs is 1. The molecule has 0 aliphatic carbocycles. The van der Waals surface area contributed by atoms with Crippen molar-refractivity contribution >= 4 is 25.4 Å². The number of rotatable bonds is 2. The third-order valence-corrected chi connectivity index (χ3v) is 2.90. The van der Waals surface area contributed by atoms with Gasteiger partial charge in [0.1, 0.15) is 17.2 Å². The summed E-state index contributed by atoms with van der Waals surface area (Å²) >= 11 is 0. The molecule has 0 saturated heterocycles. The summed E-state index contributed by atoms with van der Waals surface area (Å²) in [6.07, 6.45) is 3.24. The second kappa shape index (κ2) is 3.46. The van der Waals surface area contributed by atoms with Gasteiger partial charge < -0.3 is 0 Å². The van der Waals surface area contributed by atoms with E-state index >= 15 is 0 Å². The molecule has 0 aliphatic rings. The third kappa shape index (κ3) is 2.27. The summed E-state index contributed by atoms with van der Waals surface area (Å²) in [7, 11) is 1.58. The third-order valence-electron chi connectivity index (χ3n) is 1.94. The minimum atomic E-state index is -3.56. The van der Waals surface area contributed by atoms with E-state index in [1.165, 1.54) is 0 Å². The van der Waals surface area contributed by atoms with Crippen molar-refractivity contribution in [3.8, 4) is 0 Å². The minimum absolute atomic E-state index is 0.268. The van der Waals surface area contributed by atoms with E-state index in [9.17, 15) is 8.42 Å². The molecule has 0 bridgehead atoms. The van der Waals surface area contributed by atoms with Gasteiger partial charge in [0.15, 0.2) is 0 Å². The van der Waals surface area contributed by atoms with Crippen LogP contribution in [0.5, 0.6) is 0 Å². The van der Waals surface area contributed by atoms with Gasteiger partial charge in [-0.2, -0.15) is 0 Å². The van der Waals surface area contributed by atoms with Crippen molar-refractivity contribution in [1.29, 1.82) is 0 Å². The first-order chi connectivity index (χ1) is 6.96. The SMILES string of the molecule is Cc1nccc2nc(CS(=O)(=O)Cl)cn12. The highest BCUT2D eigenvalue weighted by atomic mass is 35.7. The van der Waals surface area contributed by atoms with Crippen LogP contribution in [0, 0.1) is 6.92 Å². The lowest BCUT2D eigenvalue weighted by atomic mass is 10.5. The van der Waals surface area contributed by atoms with Crippen molar-refractivity contribution in [1.82, 2.24) is 14.4 Å². The van der Waals surface area contributed by atoms with E-state index in [-0.39, 0.29) is 5.75 Å².